The standard InChI is InChI=1S/C16H18BrNO3/c1-3-20-14-8-4-6-12(10-17)15(14)21-11-13-7-5-9-18-16(13)19-2/h4-9H,3,10-11H2,1-2H3. The molecule has 0 radical (unpaired) electrons. The molecule has 21 heavy (non-hydrogen) atoms. The Kier molecular flexibility index (Phi) is 5.87. The summed E-state index contributed by atoms with van der Waals surface area (Å²) in [6.07, 6.45) is 1.69. The second kappa shape index (κ2) is 7.88. The summed E-state index contributed by atoms with van der Waals surface area (Å²) in [4.78, 5) is 4.17. The Morgan fingerprint density at radius 3 is 2.62 bits per heavy atom. The van der Waals surface area contributed by atoms with Gasteiger partial charge in [0.1, 0.15) is 6.61 Å². The van der Waals surface area contributed by atoms with Crippen LogP contribution in [0.3, 0.4) is 0 Å². The Morgan fingerprint density at radius 2 is 1.90 bits per heavy atom. The number of halogens is 1. The number of nitrogens with zero attached hydrogens (tertiary/aromatic N) is 1. The van der Waals surface area contributed by atoms with Crippen molar-refractivity contribution >= 4 is 15.9 Å². The second-order valence-electron chi connectivity index (χ2n) is 4.27. The summed E-state index contributed by atoms with van der Waals surface area (Å²) in [5.74, 6) is 2.08. The van der Waals surface area contributed by atoms with Crippen LogP contribution in [0.2, 0.25) is 0 Å². The van der Waals surface area contributed by atoms with Gasteiger partial charge in [0.05, 0.1) is 19.3 Å². The lowest BCUT2D eigenvalue weighted by molar-refractivity contribution is 0.262. The van der Waals surface area contributed by atoms with E-state index in [4.69, 9.17) is 14.2 Å². The van der Waals surface area contributed by atoms with Crippen molar-refractivity contribution in [3.8, 4) is 17.4 Å². The molecular weight excluding hydrogens is 334 g/mol. The van der Waals surface area contributed by atoms with E-state index in [0.29, 0.717) is 24.4 Å². The van der Waals surface area contributed by atoms with Gasteiger partial charge in [-0.3, -0.25) is 0 Å². The number of para-hydroxylation sites is 1. The van der Waals surface area contributed by atoms with Crippen molar-refractivity contribution in [2.24, 2.45) is 0 Å². The minimum atomic E-state index is 0.376. The van der Waals surface area contributed by atoms with Crippen LogP contribution in [-0.2, 0) is 11.9 Å². The number of rotatable bonds is 7. The first-order valence-electron chi connectivity index (χ1n) is 6.71. The molecule has 0 aliphatic carbocycles. The lowest BCUT2D eigenvalue weighted by Gasteiger charge is -2.15. The first-order chi connectivity index (χ1) is 10.3. The van der Waals surface area contributed by atoms with Gasteiger partial charge in [0.25, 0.3) is 0 Å². The minimum absolute atomic E-state index is 0.376. The zero-order valence-corrected chi connectivity index (χ0v) is 13.7. The van der Waals surface area contributed by atoms with Crippen molar-refractivity contribution in [3.63, 3.8) is 0 Å². The van der Waals surface area contributed by atoms with Gasteiger partial charge >= 0.3 is 0 Å². The molecule has 4 nitrogen and oxygen atoms in total. The Hall–Kier alpha value is -1.75. The quantitative estimate of drug-likeness (QED) is 0.708. The van der Waals surface area contributed by atoms with E-state index in [1.165, 1.54) is 0 Å². The van der Waals surface area contributed by atoms with Crippen molar-refractivity contribution < 1.29 is 14.2 Å². The predicted octanol–water partition coefficient (Wildman–Crippen LogP) is 3.96. The maximum atomic E-state index is 5.97. The lowest BCUT2D eigenvalue weighted by Crippen LogP contribution is -2.04. The molecule has 5 heteroatoms. The lowest BCUT2D eigenvalue weighted by atomic mass is 10.2. The SMILES string of the molecule is CCOc1cccc(CBr)c1OCc1cccnc1OC. The Labute approximate surface area is 133 Å². The van der Waals surface area contributed by atoms with Gasteiger partial charge < -0.3 is 14.2 Å². The van der Waals surface area contributed by atoms with E-state index in [1.54, 1.807) is 13.3 Å². The number of aromatic nitrogens is 1. The molecule has 0 aliphatic heterocycles. The summed E-state index contributed by atoms with van der Waals surface area (Å²) in [6, 6.07) is 9.67. The summed E-state index contributed by atoms with van der Waals surface area (Å²) in [5.41, 5.74) is 1.94. The monoisotopic (exact) mass is 351 g/mol. The predicted molar refractivity (Wildman–Crippen MR) is 85.4 cm³/mol. The van der Waals surface area contributed by atoms with Crippen molar-refractivity contribution in [2.75, 3.05) is 13.7 Å². The van der Waals surface area contributed by atoms with Crippen LogP contribution in [0.25, 0.3) is 0 Å². The fourth-order valence-electron chi connectivity index (χ4n) is 1.97. The molecule has 0 unspecified atom stereocenters. The van der Waals surface area contributed by atoms with E-state index in [0.717, 1.165) is 22.6 Å². The van der Waals surface area contributed by atoms with Gasteiger partial charge in [-0.15, -0.1) is 0 Å². The number of pyridine rings is 1. The number of methoxy groups -OCH3 is 1. The number of alkyl halides is 1. The van der Waals surface area contributed by atoms with Crippen LogP contribution in [0, 0.1) is 0 Å². The van der Waals surface area contributed by atoms with Gasteiger partial charge in [-0.25, -0.2) is 4.98 Å². The minimum Gasteiger partial charge on any atom is -0.490 e. The Balaban J connectivity index is 2.22. The van der Waals surface area contributed by atoms with E-state index in [-0.39, 0.29) is 0 Å². The number of benzene rings is 1. The van der Waals surface area contributed by atoms with Crippen LogP contribution in [0.1, 0.15) is 18.1 Å². The molecule has 0 N–H and O–H groups in total. The highest BCUT2D eigenvalue weighted by Gasteiger charge is 2.12. The van der Waals surface area contributed by atoms with Gasteiger partial charge in [0, 0.05) is 17.1 Å². The average Bonchev–Trinajstić information content (AvgIpc) is 2.54. The normalized spacial score (nSPS) is 10.2. The second-order valence-corrected chi connectivity index (χ2v) is 4.83. The highest BCUT2D eigenvalue weighted by atomic mass is 79.9. The average molecular weight is 352 g/mol. The van der Waals surface area contributed by atoms with Crippen molar-refractivity contribution in [1.29, 1.82) is 0 Å². The van der Waals surface area contributed by atoms with Crippen LogP contribution >= 0.6 is 15.9 Å². The molecular formula is C16H18BrNO3. The zero-order chi connectivity index (χ0) is 15.1. The van der Waals surface area contributed by atoms with Gasteiger partial charge in [-0.2, -0.15) is 0 Å². The van der Waals surface area contributed by atoms with Gasteiger partial charge in [0.2, 0.25) is 5.88 Å². The van der Waals surface area contributed by atoms with Gasteiger partial charge in [-0.05, 0) is 25.1 Å². The molecule has 0 amide bonds. The third-order valence-corrected chi connectivity index (χ3v) is 3.52. The first kappa shape index (κ1) is 15.6. The largest absolute Gasteiger partial charge is 0.490 e. The maximum Gasteiger partial charge on any atom is 0.219 e. The number of hydrogen-bond donors (Lipinski definition) is 0. The summed E-state index contributed by atoms with van der Waals surface area (Å²) >= 11 is 3.48. The van der Waals surface area contributed by atoms with Crippen molar-refractivity contribution in [1.82, 2.24) is 4.98 Å². The summed E-state index contributed by atoms with van der Waals surface area (Å²) in [5, 5.41) is 0.702. The van der Waals surface area contributed by atoms with Crippen LogP contribution in [-0.4, -0.2) is 18.7 Å². The Morgan fingerprint density at radius 1 is 1.10 bits per heavy atom. The molecule has 0 atom stereocenters. The molecule has 2 aromatic rings. The van der Waals surface area contributed by atoms with Gasteiger partial charge in [-0.1, -0.05) is 28.1 Å². The molecule has 0 aliphatic rings. The molecule has 1 heterocycles. The topological polar surface area (TPSA) is 40.6 Å². The van der Waals surface area contributed by atoms with E-state index < -0.39 is 0 Å². The van der Waals surface area contributed by atoms with Crippen LogP contribution < -0.4 is 14.2 Å². The number of ether oxygens (including phenoxy) is 3. The molecule has 2 rings (SSSR count). The Bertz CT molecular complexity index is 589. The van der Waals surface area contributed by atoms with Gasteiger partial charge in [0.15, 0.2) is 11.5 Å². The molecule has 0 spiro atoms. The molecule has 0 fully saturated rings. The molecule has 0 saturated heterocycles. The van der Waals surface area contributed by atoms with E-state index in [2.05, 4.69) is 20.9 Å². The molecule has 0 saturated carbocycles. The molecule has 112 valence electrons. The summed E-state index contributed by atoms with van der Waals surface area (Å²) in [7, 11) is 1.60. The van der Waals surface area contributed by atoms with E-state index in [1.807, 2.05) is 37.3 Å². The number of hydrogen-bond acceptors (Lipinski definition) is 4. The molecule has 1 aromatic heterocycles. The summed E-state index contributed by atoms with van der Waals surface area (Å²) in [6.45, 7) is 2.92. The fraction of sp³-hybridized carbons (Fsp3) is 0.312. The van der Waals surface area contributed by atoms with Crippen LogP contribution in [0.15, 0.2) is 36.5 Å². The molecule has 0 bridgehead atoms. The smallest absolute Gasteiger partial charge is 0.219 e. The molecule has 1 aromatic carbocycles. The summed E-state index contributed by atoms with van der Waals surface area (Å²) < 4.78 is 16.8. The van der Waals surface area contributed by atoms with E-state index >= 15 is 0 Å². The highest BCUT2D eigenvalue weighted by molar-refractivity contribution is 9.08. The van der Waals surface area contributed by atoms with Crippen molar-refractivity contribution in [3.05, 3.63) is 47.7 Å². The zero-order valence-electron chi connectivity index (χ0n) is 12.1. The van der Waals surface area contributed by atoms with Crippen LogP contribution in [0.5, 0.6) is 17.4 Å². The highest BCUT2D eigenvalue weighted by Crippen LogP contribution is 2.33. The maximum absolute atomic E-state index is 5.97. The fourth-order valence-corrected chi connectivity index (χ4v) is 2.41. The van der Waals surface area contributed by atoms with Crippen molar-refractivity contribution in [2.45, 2.75) is 18.9 Å². The van der Waals surface area contributed by atoms with E-state index in [9.17, 15) is 0 Å². The third kappa shape index (κ3) is 3.88. The first-order valence-corrected chi connectivity index (χ1v) is 7.83. The third-order valence-electron chi connectivity index (χ3n) is 2.92. The van der Waals surface area contributed by atoms with Crippen LogP contribution in [0.4, 0.5) is 0 Å².